The summed E-state index contributed by atoms with van der Waals surface area (Å²) in [6.07, 6.45) is 0. The molecule has 0 saturated heterocycles. The summed E-state index contributed by atoms with van der Waals surface area (Å²) in [6.45, 7) is -0.547. The molecular weight excluding hydrogens is 502 g/mol. The molecule has 5 nitrogen and oxygen atoms in total. The fraction of sp³-hybridized carbons (Fsp3) is 0.0952. The van der Waals surface area contributed by atoms with Crippen molar-refractivity contribution >= 4 is 68.0 Å². The van der Waals surface area contributed by atoms with E-state index in [1.807, 2.05) is 0 Å². The van der Waals surface area contributed by atoms with Crippen LogP contribution >= 0.6 is 46.4 Å². The molecule has 10 heteroatoms. The number of hydrogen-bond donors (Lipinski definition) is 1. The van der Waals surface area contributed by atoms with Crippen molar-refractivity contribution in [3.8, 4) is 0 Å². The average molecular weight is 518 g/mol. The van der Waals surface area contributed by atoms with Crippen LogP contribution in [0.25, 0.3) is 0 Å². The van der Waals surface area contributed by atoms with E-state index in [0.29, 0.717) is 26.3 Å². The van der Waals surface area contributed by atoms with Gasteiger partial charge in [-0.3, -0.25) is 4.79 Å². The Balaban J connectivity index is 1.91. The van der Waals surface area contributed by atoms with E-state index in [1.165, 1.54) is 24.3 Å². The summed E-state index contributed by atoms with van der Waals surface area (Å²) in [7, 11) is -4.03. The Hall–Kier alpha value is -1.80. The van der Waals surface area contributed by atoms with Gasteiger partial charge in [-0.25, -0.2) is 8.42 Å². The smallest absolute Gasteiger partial charge is 0.243 e. The monoisotopic (exact) mass is 516 g/mol. The topological polar surface area (TPSA) is 66.5 Å². The Morgan fingerprint density at radius 2 is 1.52 bits per heavy atom. The number of anilines is 1. The summed E-state index contributed by atoms with van der Waals surface area (Å²) in [5.74, 6) is -0.550. The fourth-order valence-electron chi connectivity index (χ4n) is 2.74. The van der Waals surface area contributed by atoms with Crippen molar-refractivity contribution in [1.29, 1.82) is 0 Å². The second kappa shape index (κ2) is 10.2. The molecule has 0 bridgehead atoms. The summed E-state index contributed by atoms with van der Waals surface area (Å²) < 4.78 is 27.6. The Kier molecular flexibility index (Phi) is 7.86. The number of halogens is 4. The number of nitrogens with one attached hydrogen (secondary N) is 1. The first-order valence-corrected chi connectivity index (χ1v) is 11.9. The van der Waals surface area contributed by atoms with E-state index in [-0.39, 0.29) is 16.5 Å². The lowest BCUT2D eigenvalue weighted by Crippen LogP contribution is -2.37. The minimum Gasteiger partial charge on any atom is -0.324 e. The lowest BCUT2D eigenvalue weighted by molar-refractivity contribution is -0.116. The van der Waals surface area contributed by atoms with Gasteiger partial charge in [0.25, 0.3) is 0 Å². The average Bonchev–Trinajstić information content (AvgIpc) is 2.72. The number of hydrogen-bond acceptors (Lipinski definition) is 3. The highest BCUT2D eigenvalue weighted by Crippen LogP contribution is 2.26. The number of carbonyl (C=O) groups excluding carboxylic acids is 1. The Labute approximate surface area is 200 Å². The van der Waals surface area contributed by atoms with Crippen molar-refractivity contribution in [3.05, 3.63) is 92.4 Å². The maximum atomic E-state index is 13.3. The van der Waals surface area contributed by atoms with Crippen molar-refractivity contribution in [2.75, 3.05) is 11.9 Å². The van der Waals surface area contributed by atoms with Gasteiger partial charge in [0.15, 0.2) is 0 Å². The van der Waals surface area contributed by atoms with Gasteiger partial charge in [0.05, 0.1) is 32.2 Å². The van der Waals surface area contributed by atoms with Gasteiger partial charge in [-0.15, -0.1) is 0 Å². The van der Waals surface area contributed by atoms with Crippen molar-refractivity contribution in [3.63, 3.8) is 0 Å². The highest BCUT2D eigenvalue weighted by molar-refractivity contribution is 7.89. The lowest BCUT2D eigenvalue weighted by Gasteiger charge is -2.22. The first kappa shape index (κ1) is 23.9. The van der Waals surface area contributed by atoms with Crippen molar-refractivity contribution in [1.82, 2.24) is 4.31 Å². The molecule has 0 aliphatic heterocycles. The Morgan fingerprint density at radius 1 is 0.839 bits per heavy atom. The molecule has 0 unspecified atom stereocenters. The molecule has 0 heterocycles. The van der Waals surface area contributed by atoms with E-state index >= 15 is 0 Å². The summed E-state index contributed by atoms with van der Waals surface area (Å²) in [5, 5.41) is 3.99. The van der Waals surface area contributed by atoms with Crippen LogP contribution in [0.5, 0.6) is 0 Å². The molecule has 0 aromatic heterocycles. The van der Waals surface area contributed by atoms with Gasteiger partial charge in [-0.05, 0) is 54.1 Å². The third kappa shape index (κ3) is 6.13. The first-order valence-electron chi connectivity index (χ1n) is 8.91. The largest absolute Gasteiger partial charge is 0.324 e. The standard InChI is InChI=1S/C21H16Cl4N2O3S/c22-15-6-8-16(9-7-15)31(29,30)27(12-14-5-10-17(23)19(25)11-14)13-21(28)26-20-4-2-1-3-18(20)24/h1-11H,12-13H2,(H,26,28). The molecule has 0 atom stereocenters. The number of carbonyl (C=O) groups is 1. The van der Waals surface area contributed by atoms with Crippen LogP contribution in [-0.2, 0) is 21.4 Å². The highest BCUT2D eigenvalue weighted by Gasteiger charge is 2.27. The Morgan fingerprint density at radius 3 is 2.16 bits per heavy atom. The number of nitrogens with zero attached hydrogens (tertiary/aromatic N) is 1. The number of amides is 1. The van der Waals surface area contributed by atoms with Crippen LogP contribution in [0, 0.1) is 0 Å². The maximum Gasteiger partial charge on any atom is 0.243 e. The molecule has 0 aliphatic carbocycles. The number of sulfonamides is 1. The highest BCUT2D eigenvalue weighted by atomic mass is 35.5. The zero-order valence-corrected chi connectivity index (χ0v) is 19.7. The zero-order valence-electron chi connectivity index (χ0n) is 15.9. The van der Waals surface area contributed by atoms with E-state index in [9.17, 15) is 13.2 Å². The maximum absolute atomic E-state index is 13.3. The molecule has 0 fully saturated rings. The van der Waals surface area contributed by atoms with E-state index in [2.05, 4.69) is 5.32 Å². The van der Waals surface area contributed by atoms with Gasteiger partial charge in [0.1, 0.15) is 0 Å². The van der Waals surface area contributed by atoms with Crippen LogP contribution in [0.2, 0.25) is 20.1 Å². The van der Waals surface area contributed by atoms with E-state index in [4.69, 9.17) is 46.4 Å². The van der Waals surface area contributed by atoms with Crippen molar-refractivity contribution < 1.29 is 13.2 Å². The van der Waals surface area contributed by atoms with Gasteiger partial charge >= 0.3 is 0 Å². The minimum atomic E-state index is -4.03. The molecule has 0 aliphatic rings. The molecule has 0 spiro atoms. The summed E-state index contributed by atoms with van der Waals surface area (Å²) >= 11 is 24.0. The second-order valence-corrected chi connectivity index (χ2v) is 10.1. The third-order valence-corrected chi connectivity index (χ3v) is 7.39. The molecular formula is C21H16Cl4N2O3S. The molecule has 31 heavy (non-hydrogen) atoms. The van der Waals surface area contributed by atoms with Crippen LogP contribution in [0.3, 0.4) is 0 Å². The van der Waals surface area contributed by atoms with Gasteiger partial charge < -0.3 is 5.32 Å². The zero-order chi connectivity index (χ0) is 22.6. The van der Waals surface area contributed by atoms with Gasteiger partial charge in [-0.1, -0.05) is 64.6 Å². The van der Waals surface area contributed by atoms with Gasteiger partial charge in [-0.2, -0.15) is 4.31 Å². The summed E-state index contributed by atoms with van der Waals surface area (Å²) in [5.41, 5.74) is 0.949. The third-order valence-electron chi connectivity index (χ3n) is 4.26. The van der Waals surface area contributed by atoms with Gasteiger partial charge in [0.2, 0.25) is 15.9 Å². The van der Waals surface area contributed by atoms with Crippen LogP contribution < -0.4 is 5.32 Å². The molecule has 3 aromatic carbocycles. The predicted molar refractivity (Wildman–Crippen MR) is 126 cm³/mol. The molecule has 3 aromatic rings. The fourth-order valence-corrected chi connectivity index (χ4v) is 4.75. The van der Waals surface area contributed by atoms with Crippen molar-refractivity contribution in [2.45, 2.75) is 11.4 Å². The van der Waals surface area contributed by atoms with E-state index in [1.54, 1.807) is 42.5 Å². The normalized spacial score (nSPS) is 11.5. The minimum absolute atomic E-state index is 0.00232. The summed E-state index contributed by atoms with van der Waals surface area (Å²) in [4.78, 5) is 12.7. The molecule has 0 saturated carbocycles. The number of benzene rings is 3. The summed E-state index contributed by atoms with van der Waals surface area (Å²) in [6, 6.07) is 17.1. The SMILES string of the molecule is O=C(CN(Cc1ccc(Cl)c(Cl)c1)S(=O)(=O)c1ccc(Cl)cc1)Nc1ccccc1Cl. The molecule has 3 rings (SSSR count). The second-order valence-electron chi connectivity index (χ2n) is 6.50. The van der Waals surface area contributed by atoms with Crippen LogP contribution in [-0.4, -0.2) is 25.2 Å². The van der Waals surface area contributed by atoms with Crippen molar-refractivity contribution in [2.24, 2.45) is 0 Å². The molecule has 0 radical (unpaired) electrons. The Bertz CT molecular complexity index is 1200. The van der Waals surface area contributed by atoms with Crippen LogP contribution in [0.4, 0.5) is 5.69 Å². The van der Waals surface area contributed by atoms with E-state index < -0.39 is 22.5 Å². The van der Waals surface area contributed by atoms with E-state index in [0.717, 1.165) is 4.31 Å². The number of rotatable bonds is 7. The van der Waals surface area contributed by atoms with Crippen LogP contribution in [0.1, 0.15) is 5.56 Å². The first-order chi connectivity index (χ1) is 14.7. The lowest BCUT2D eigenvalue weighted by atomic mass is 10.2. The quantitative estimate of drug-likeness (QED) is 0.410. The number of para-hydroxylation sites is 1. The van der Waals surface area contributed by atoms with Gasteiger partial charge in [0, 0.05) is 11.6 Å². The predicted octanol–water partition coefficient (Wildman–Crippen LogP) is 6.13. The molecule has 1 N–H and O–H groups in total. The molecule has 162 valence electrons. The van der Waals surface area contributed by atoms with Crippen LogP contribution in [0.15, 0.2) is 71.6 Å². The molecule has 1 amide bonds.